The SMILES string of the molecule is COc1nc(N2CCN(c3ccccc3[N+](=O)[O-])CC2)ncc1C(=O)NC1CC1. The first-order valence-corrected chi connectivity index (χ1v) is 9.52. The van der Waals surface area contributed by atoms with Crippen LogP contribution in [0.2, 0.25) is 0 Å². The molecule has 1 N–H and O–H groups in total. The summed E-state index contributed by atoms with van der Waals surface area (Å²) < 4.78 is 5.31. The van der Waals surface area contributed by atoms with Gasteiger partial charge >= 0.3 is 0 Å². The van der Waals surface area contributed by atoms with E-state index in [4.69, 9.17) is 4.74 Å². The molecule has 0 radical (unpaired) electrons. The van der Waals surface area contributed by atoms with Crippen molar-refractivity contribution in [2.45, 2.75) is 18.9 Å². The Labute approximate surface area is 167 Å². The number of aromatic nitrogens is 2. The second kappa shape index (κ2) is 7.90. The molecule has 1 amide bonds. The lowest BCUT2D eigenvalue weighted by Gasteiger charge is -2.35. The van der Waals surface area contributed by atoms with Gasteiger partial charge in [0.25, 0.3) is 11.6 Å². The van der Waals surface area contributed by atoms with E-state index in [2.05, 4.69) is 15.3 Å². The van der Waals surface area contributed by atoms with Gasteiger partial charge in [-0.2, -0.15) is 4.98 Å². The number of hydrogen-bond donors (Lipinski definition) is 1. The smallest absolute Gasteiger partial charge is 0.292 e. The Morgan fingerprint density at radius 3 is 2.55 bits per heavy atom. The summed E-state index contributed by atoms with van der Waals surface area (Å²) >= 11 is 0. The van der Waals surface area contributed by atoms with E-state index >= 15 is 0 Å². The number of ether oxygens (including phenoxy) is 1. The fourth-order valence-electron chi connectivity index (χ4n) is 3.35. The second-order valence-electron chi connectivity index (χ2n) is 7.06. The maximum atomic E-state index is 12.3. The lowest BCUT2D eigenvalue weighted by atomic mass is 10.2. The van der Waals surface area contributed by atoms with Crippen molar-refractivity contribution in [3.63, 3.8) is 0 Å². The van der Waals surface area contributed by atoms with Crippen LogP contribution in [0.5, 0.6) is 5.88 Å². The van der Waals surface area contributed by atoms with Crippen molar-refractivity contribution in [1.29, 1.82) is 0 Å². The van der Waals surface area contributed by atoms with Gasteiger partial charge < -0.3 is 19.9 Å². The first-order valence-electron chi connectivity index (χ1n) is 9.52. The summed E-state index contributed by atoms with van der Waals surface area (Å²) in [6.07, 6.45) is 3.49. The van der Waals surface area contributed by atoms with E-state index in [-0.39, 0.29) is 28.4 Å². The molecule has 0 spiro atoms. The van der Waals surface area contributed by atoms with Crippen LogP contribution in [0.3, 0.4) is 0 Å². The molecule has 1 saturated heterocycles. The van der Waals surface area contributed by atoms with Crippen molar-refractivity contribution in [3.05, 3.63) is 46.1 Å². The van der Waals surface area contributed by atoms with Crippen LogP contribution >= 0.6 is 0 Å². The van der Waals surface area contributed by atoms with Gasteiger partial charge in [0.05, 0.1) is 12.0 Å². The zero-order valence-corrected chi connectivity index (χ0v) is 16.1. The number of nitro groups is 1. The normalized spacial score (nSPS) is 16.4. The van der Waals surface area contributed by atoms with Crippen LogP contribution in [-0.4, -0.2) is 60.1 Å². The number of nitrogens with one attached hydrogen (secondary N) is 1. The van der Waals surface area contributed by atoms with Gasteiger partial charge in [-0.1, -0.05) is 12.1 Å². The van der Waals surface area contributed by atoms with Gasteiger partial charge in [-0.25, -0.2) is 4.98 Å². The predicted octanol–water partition coefficient (Wildman–Crippen LogP) is 1.61. The average molecular weight is 398 g/mol. The van der Waals surface area contributed by atoms with Gasteiger partial charge in [0.1, 0.15) is 11.3 Å². The minimum absolute atomic E-state index is 0.102. The fraction of sp³-hybridized carbons (Fsp3) is 0.421. The Bertz CT molecular complexity index is 925. The third kappa shape index (κ3) is 4.05. The van der Waals surface area contributed by atoms with Crippen LogP contribution in [0.25, 0.3) is 0 Å². The molecule has 10 heteroatoms. The molecule has 10 nitrogen and oxygen atoms in total. The van der Waals surface area contributed by atoms with Crippen LogP contribution in [-0.2, 0) is 0 Å². The molecule has 1 aromatic carbocycles. The van der Waals surface area contributed by atoms with Crippen LogP contribution in [0.15, 0.2) is 30.5 Å². The van der Waals surface area contributed by atoms with Gasteiger partial charge in [-0.05, 0) is 18.9 Å². The molecule has 0 bridgehead atoms. The predicted molar refractivity (Wildman–Crippen MR) is 107 cm³/mol. The number of nitrogens with zero attached hydrogens (tertiary/aromatic N) is 5. The number of rotatable bonds is 6. The van der Waals surface area contributed by atoms with E-state index in [1.165, 1.54) is 19.4 Å². The molecule has 2 fully saturated rings. The van der Waals surface area contributed by atoms with Crippen molar-refractivity contribution in [3.8, 4) is 5.88 Å². The summed E-state index contributed by atoms with van der Waals surface area (Å²) in [5, 5.41) is 14.2. The van der Waals surface area contributed by atoms with E-state index in [0.717, 1.165) is 12.8 Å². The van der Waals surface area contributed by atoms with Crippen LogP contribution < -0.4 is 19.9 Å². The highest BCUT2D eigenvalue weighted by molar-refractivity contribution is 5.96. The van der Waals surface area contributed by atoms with Gasteiger partial charge in [0.2, 0.25) is 11.8 Å². The Balaban J connectivity index is 1.46. The number of anilines is 2. The number of nitro benzene ring substituents is 1. The van der Waals surface area contributed by atoms with Crippen molar-refractivity contribution in [2.24, 2.45) is 0 Å². The molecule has 0 atom stereocenters. The molecule has 1 aromatic heterocycles. The average Bonchev–Trinajstić information content (AvgIpc) is 3.57. The molecule has 1 aliphatic heterocycles. The molecule has 1 aliphatic carbocycles. The monoisotopic (exact) mass is 398 g/mol. The summed E-state index contributed by atoms with van der Waals surface area (Å²) in [7, 11) is 1.48. The Kier molecular flexibility index (Phi) is 5.15. The molecule has 4 rings (SSSR count). The third-order valence-electron chi connectivity index (χ3n) is 5.07. The Morgan fingerprint density at radius 1 is 1.21 bits per heavy atom. The number of methoxy groups -OCH3 is 1. The summed E-state index contributed by atoms with van der Waals surface area (Å²) in [6.45, 7) is 2.40. The maximum Gasteiger partial charge on any atom is 0.292 e. The summed E-state index contributed by atoms with van der Waals surface area (Å²) in [6, 6.07) is 6.98. The Morgan fingerprint density at radius 2 is 1.90 bits per heavy atom. The molecule has 152 valence electrons. The van der Waals surface area contributed by atoms with Crippen LogP contribution in [0, 0.1) is 10.1 Å². The second-order valence-corrected chi connectivity index (χ2v) is 7.06. The molecule has 1 saturated carbocycles. The van der Waals surface area contributed by atoms with Crippen molar-refractivity contribution in [1.82, 2.24) is 15.3 Å². The van der Waals surface area contributed by atoms with Gasteiger partial charge in [0.15, 0.2) is 0 Å². The highest BCUT2D eigenvalue weighted by atomic mass is 16.6. The summed E-state index contributed by atoms with van der Waals surface area (Å²) in [4.78, 5) is 36.0. The number of carbonyl (C=O) groups excluding carboxylic acids is 1. The minimum Gasteiger partial charge on any atom is -0.480 e. The lowest BCUT2D eigenvalue weighted by molar-refractivity contribution is -0.384. The molecule has 29 heavy (non-hydrogen) atoms. The molecule has 2 heterocycles. The zero-order chi connectivity index (χ0) is 20.4. The quantitative estimate of drug-likeness (QED) is 0.577. The van der Waals surface area contributed by atoms with E-state index in [1.54, 1.807) is 18.2 Å². The lowest BCUT2D eigenvalue weighted by Crippen LogP contribution is -2.47. The number of piperazine rings is 1. The maximum absolute atomic E-state index is 12.3. The van der Waals surface area contributed by atoms with Gasteiger partial charge in [0, 0.05) is 44.5 Å². The highest BCUT2D eigenvalue weighted by Crippen LogP contribution is 2.29. The summed E-state index contributed by atoms with van der Waals surface area (Å²) in [5.41, 5.74) is 1.04. The van der Waals surface area contributed by atoms with Crippen molar-refractivity contribution < 1.29 is 14.5 Å². The molecular formula is C19H22N6O4. The topological polar surface area (TPSA) is 114 Å². The number of carbonyl (C=O) groups is 1. The minimum atomic E-state index is -0.360. The van der Waals surface area contributed by atoms with Gasteiger partial charge in [-0.15, -0.1) is 0 Å². The number of amides is 1. The molecule has 2 aromatic rings. The highest BCUT2D eigenvalue weighted by Gasteiger charge is 2.28. The van der Waals surface area contributed by atoms with E-state index in [1.807, 2.05) is 9.80 Å². The van der Waals surface area contributed by atoms with Gasteiger partial charge in [-0.3, -0.25) is 14.9 Å². The van der Waals surface area contributed by atoms with E-state index in [0.29, 0.717) is 43.4 Å². The van der Waals surface area contributed by atoms with Crippen molar-refractivity contribution >= 4 is 23.2 Å². The first-order chi connectivity index (χ1) is 14.1. The van der Waals surface area contributed by atoms with E-state index < -0.39 is 0 Å². The number of benzene rings is 1. The largest absolute Gasteiger partial charge is 0.480 e. The standard InChI is InChI=1S/C19H22N6O4/c1-29-18-14(17(26)21-13-6-7-13)12-20-19(22-18)24-10-8-23(9-11-24)15-4-2-3-5-16(15)25(27)28/h2-5,12-13H,6-11H2,1H3,(H,21,26). The van der Waals surface area contributed by atoms with Crippen molar-refractivity contribution in [2.75, 3.05) is 43.1 Å². The van der Waals surface area contributed by atoms with E-state index in [9.17, 15) is 14.9 Å². The fourth-order valence-corrected chi connectivity index (χ4v) is 3.35. The summed E-state index contributed by atoms with van der Waals surface area (Å²) in [5.74, 6) is 0.499. The first kappa shape index (κ1) is 18.9. The molecule has 2 aliphatic rings. The molecular weight excluding hydrogens is 376 g/mol. The third-order valence-corrected chi connectivity index (χ3v) is 5.07. The zero-order valence-electron chi connectivity index (χ0n) is 16.1. The van der Waals surface area contributed by atoms with Crippen LogP contribution in [0.4, 0.5) is 17.3 Å². The number of hydrogen-bond acceptors (Lipinski definition) is 8. The van der Waals surface area contributed by atoms with Crippen LogP contribution in [0.1, 0.15) is 23.2 Å². The molecule has 0 unspecified atom stereocenters. The number of para-hydroxylation sites is 2. The Hall–Kier alpha value is -3.43.